The number of rotatable bonds is 3. The van der Waals surface area contributed by atoms with E-state index < -0.39 is 35.6 Å². The average molecular weight is 281 g/mol. The summed E-state index contributed by atoms with van der Waals surface area (Å²) in [5, 5.41) is 12.3. The number of H-pyrrole nitrogens is 1. The van der Waals surface area contributed by atoms with Crippen LogP contribution in [0, 0.1) is 6.92 Å². The molecule has 0 spiro atoms. The molecule has 2 N–H and O–H groups in total. The highest BCUT2D eigenvalue weighted by Gasteiger charge is 2.40. The molecule has 1 saturated heterocycles. The number of ether oxygens (including phenoxy) is 1. The summed E-state index contributed by atoms with van der Waals surface area (Å²) >= 11 is 0. The molecule has 0 amide bonds. The zero-order valence-electron chi connectivity index (χ0n) is 10.4. The molecule has 0 aromatic carbocycles. The summed E-state index contributed by atoms with van der Waals surface area (Å²) < 4.78 is 6.31. The largest absolute Gasteiger partial charge is 0.479 e. The van der Waals surface area contributed by atoms with Crippen LogP contribution in [-0.4, -0.2) is 32.8 Å². The van der Waals surface area contributed by atoms with Crippen LogP contribution in [-0.2, 0) is 9.53 Å². The van der Waals surface area contributed by atoms with E-state index in [1.54, 1.807) is 0 Å². The van der Waals surface area contributed by atoms with E-state index in [9.17, 15) is 14.4 Å². The van der Waals surface area contributed by atoms with Gasteiger partial charge in [0.1, 0.15) is 6.23 Å². The van der Waals surface area contributed by atoms with Gasteiger partial charge in [-0.2, -0.15) is 0 Å². The molecule has 0 radical (unpaired) electrons. The van der Waals surface area contributed by atoms with E-state index in [2.05, 4.69) is 15.0 Å². The Balaban J connectivity index is 2.38. The smallest absolute Gasteiger partial charge is 0.333 e. The molecule has 2 rings (SSSR count). The van der Waals surface area contributed by atoms with E-state index in [1.165, 1.54) is 13.1 Å². The predicted octanol–water partition coefficient (Wildman–Crippen LogP) is -0.104. The first kappa shape index (κ1) is 13.8. The van der Waals surface area contributed by atoms with Crippen LogP contribution in [0.5, 0.6) is 0 Å². The summed E-state index contributed by atoms with van der Waals surface area (Å²) in [6.45, 7) is 1.50. The fourth-order valence-corrected chi connectivity index (χ4v) is 2.02. The number of carboxylic acids is 1. The molecule has 20 heavy (non-hydrogen) atoms. The van der Waals surface area contributed by atoms with Crippen LogP contribution in [0.1, 0.15) is 18.2 Å². The number of aliphatic carboxylic acids is 1. The molecule has 1 fully saturated rings. The van der Waals surface area contributed by atoms with E-state index in [-0.39, 0.29) is 12.0 Å². The molecule has 1 aliphatic heterocycles. The van der Waals surface area contributed by atoms with Gasteiger partial charge in [0.05, 0.1) is 6.04 Å². The zero-order chi connectivity index (χ0) is 14.9. The van der Waals surface area contributed by atoms with Crippen LogP contribution < -0.4 is 11.2 Å². The van der Waals surface area contributed by atoms with Crippen molar-refractivity contribution in [3.05, 3.63) is 43.0 Å². The molecule has 3 atom stereocenters. The van der Waals surface area contributed by atoms with Crippen LogP contribution in [0.15, 0.2) is 20.9 Å². The van der Waals surface area contributed by atoms with Crippen molar-refractivity contribution in [2.24, 2.45) is 5.11 Å². The molecule has 10 nitrogen and oxygen atoms in total. The molecule has 0 aliphatic carbocycles. The number of carbonyl (C=O) groups is 1. The van der Waals surface area contributed by atoms with Crippen molar-refractivity contribution in [1.82, 2.24) is 9.55 Å². The Morgan fingerprint density at radius 1 is 1.65 bits per heavy atom. The second-order valence-corrected chi connectivity index (χ2v) is 4.34. The number of hydrogen-bond donors (Lipinski definition) is 2. The molecule has 1 aliphatic rings. The fourth-order valence-electron chi connectivity index (χ4n) is 2.02. The highest BCUT2D eigenvalue weighted by Crippen LogP contribution is 2.30. The topological polar surface area (TPSA) is 150 Å². The van der Waals surface area contributed by atoms with Crippen LogP contribution >= 0.6 is 0 Å². The van der Waals surface area contributed by atoms with Gasteiger partial charge in [-0.15, -0.1) is 0 Å². The summed E-state index contributed by atoms with van der Waals surface area (Å²) in [5.41, 5.74) is 7.46. The number of aryl methyl sites for hydroxylation is 1. The van der Waals surface area contributed by atoms with E-state index in [0.29, 0.717) is 0 Å². The minimum Gasteiger partial charge on any atom is -0.479 e. The number of nitrogens with one attached hydrogen (secondary N) is 1. The summed E-state index contributed by atoms with van der Waals surface area (Å²) in [5.74, 6) is -1.28. The van der Waals surface area contributed by atoms with Gasteiger partial charge in [0.15, 0.2) is 6.10 Å². The Kier molecular flexibility index (Phi) is 3.59. The van der Waals surface area contributed by atoms with Crippen molar-refractivity contribution in [1.29, 1.82) is 0 Å². The molecule has 1 aromatic heterocycles. The molecule has 1 aromatic rings. The highest BCUT2D eigenvalue weighted by atomic mass is 16.5. The van der Waals surface area contributed by atoms with E-state index in [1.807, 2.05) is 0 Å². The normalized spacial score (nSPS) is 25.1. The lowest BCUT2D eigenvalue weighted by Crippen LogP contribution is -2.34. The Labute approximate surface area is 111 Å². The lowest BCUT2D eigenvalue weighted by molar-refractivity contribution is -0.152. The maximum absolute atomic E-state index is 11.7. The number of nitrogens with zero attached hydrogens (tertiary/aromatic N) is 4. The first-order valence-electron chi connectivity index (χ1n) is 5.68. The van der Waals surface area contributed by atoms with Gasteiger partial charge in [-0.1, -0.05) is 5.11 Å². The molecule has 106 valence electrons. The number of aromatic nitrogens is 2. The van der Waals surface area contributed by atoms with Crippen LogP contribution in [0.25, 0.3) is 10.4 Å². The first-order chi connectivity index (χ1) is 9.43. The molecule has 1 unspecified atom stereocenters. The van der Waals surface area contributed by atoms with Crippen LogP contribution in [0.4, 0.5) is 0 Å². The third-order valence-electron chi connectivity index (χ3n) is 3.00. The summed E-state index contributed by atoms with van der Waals surface area (Å²) in [4.78, 5) is 38.7. The van der Waals surface area contributed by atoms with Gasteiger partial charge in [0, 0.05) is 23.1 Å². The second kappa shape index (κ2) is 5.19. The SMILES string of the molecule is Cc1cn([C@H]2CC(N=[N+]=[N-])[C@@H](C(=O)O)O2)c(=O)[nH]c1=O. The molecule has 0 saturated carbocycles. The van der Waals surface area contributed by atoms with E-state index in [4.69, 9.17) is 15.4 Å². The number of hydrogen-bond acceptors (Lipinski definition) is 5. The minimum absolute atomic E-state index is 0.0341. The van der Waals surface area contributed by atoms with Gasteiger partial charge in [-0.05, 0) is 12.5 Å². The van der Waals surface area contributed by atoms with Crippen molar-refractivity contribution in [2.45, 2.75) is 31.7 Å². The summed E-state index contributed by atoms with van der Waals surface area (Å²) in [6.07, 6.45) is -0.917. The lowest BCUT2D eigenvalue weighted by Gasteiger charge is -2.14. The Bertz CT molecular complexity index is 691. The van der Waals surface area contributed by atoms with Gasteiger partial charge in [-0.25, -0.2) is 9.59 Å². The van der Waals surface area contributed by atoms with Gasteiger partial charge < -0.3 is 9.84 Å². The number of aromatic amines is 1. The van der Waals surface area contributed by atoms with Crippen molar-refractivity contribution in [3.8, 4) is 0 Å². The van der Waals surface area contributed by atoms with Gasteiger partial charge in [0.25, 0.3) is 5.56 Å². The second-order valence-electron chi connectivity index (χ2n) is 4.34. The molecule has 2 heterocycles. The monoisotopic (exact) mass is 281 g/mol. The van der Waals surface area contributed by atoms with Gasteiger partial charge in [0.2, 0.25) is 0 Å². The Morgan fingerprint density at radius 2 is 2.35 bits per heavy atom. The molecular formula is C10H11N5O5. The number of azide groups is 1. The van der Waals surface area contributed by atoms with Crippen molar-refractivity contribution >= 4 is 5.97 Å². The fraction of sp³-hybridized carbons (Fsp3) is 0.500. The third kappa shape index (κ3) is 2.42. The average Bonchev–Trinajstić information content (AvgIpc) is 2.78. The van der Waals surface area contributed by atoms with Crippen molar-refractivity contribution < 1.29 is 14.6 Å². The summed E-state index contributed by atoms with van der Waals surface area (Å²) in [7, 11) is 0. The quantitative estimate of drug-likeness (QED) is 0.450. The van der Waals surface area contributed by atoms with Crippen molar-refractivity contribution in [2.75, 3.05) is 0 Å². The van der Waals surface area contributed by atoms with E-state index in [0.717, 1.165) is 4.57 Å². The minimum atomic E-state index is -1.32. The molecule has 10 heteroatoms. The molecule has 0 bridgehead atoms. The maximum atomic E-state index is 11.7. The first-order valence-corrected chi connectivity index (χ1v) is 5.68. The van der Waals surface area contributed by atoms with E-state index >= 15 is 0 Å². The Morgan fingerprint density at radius 3 is 2.95 bits per heavy atom. The highest BCUT2D eigenvalue weighted by molar-refractivity contribution is 5.73. The van der Waals surface area contributed by atoms with Crippen molar-refractivity contribution in [3.63, 3.8) is 0 Å². The third-order valence-corrected chi connectivity index (χ3v) is 3.00. The lowest BCUT2D eigenvalue weighted by atomic mass is 10.1. The standard InChI is InChI=1S/C10H11N5O5/c1-4-3-15(10(19)12-8(4)16)6-2-5(13-14-11)7(20-6)9(17)18/h3,5-7H,2H2,1H3,(H,17,18)(H,12,16,19)/t5?,6-,7+/m1/s1. The Hall–Kier alpha value is -2.58. The maximum Gasteiger partial charge on any atom is 0.333 e. The summed E-state index contributed by atoms with van der Waals surface area (Å²) in [6, 6.07) is -0.915. The van der Waals surface area contributed by atoms with Crippen LogP contribution in [0.2, 0.25) is 0 Å². The van der Waals surface area contributed by atoms with Gasteiger partial charge in [-0.3, -0.25) is 14.3 Å². The van der Waals surface area contributed by atoms with Crippen LogP contribution in [0.3, 0.4) is 0 Å². The predicted molar refractivity (Wildman–Crippen MR) is 65.2 cm³/mol. The van der Waals surface area contributed by atoms with Gasteiger partial charge >= 0.3 is 11.7 Å². The zero-order valence-corrected chi connectivity index (χ0v) is 10.4. The molecular weight excluding hydrogens is 270 g/mol. The number of carboxylic acid groups (broad SMARTS) is 1.